The first-order chi connectivity index (χ1) is 33.1. The summed E-state index contributed by atoms with van der Waals surface area (Å²) in [5.74, 6) is 2.47. The molecular formula is C65H67N4O+. The summed E-state index contributed by atoms with van der Waals surface area (Å²) in [6, 6.07) is 60.7. The lowest BCUT2D eigenvalue weighted by atomic mass is 9.80. The van der Waals surface area contributed by atoms with E-state index in [1.807, 2.05) is 6.20 Å². The number of hydrogen-bond donors (Lipinski definition) is 0. The number of hydrogen-bond acceptors (Lipinski definition) is 2. The topological polar surface area (TPSA) is 27.1 Å². The van der Waals surface area contributed by atoms with Crippen LogP contribution in [0.4, 0.5) is 22.7 Å². The van der Waals surface area contributed by atoms with Crippen molar-refractivity contribution in [1.82, 2.24) is 18.5 Å². The van der Waals surface area contributed by atoms with E-state index in [2.05, 4.69) is 258 Å². The van der Waals surface area contributed by atoms with Gasteiger partial charge in [-0.2, -0.15) is 0 Å². The van der Waals surface area contributed by atoms with Crippen molar-refractivity contribution < 1.29 is 4.74 Å². The highest BCUT2D eigenvalue weighted by Crippen LogP contribution is 2.68. The summed E-state index contributed by atoms with van der Waals surface area (Å²) in [5, 5.41) is 2.36. The van der Waals surface area contributed by atoms with Gasteiger partial charge in [0.25, 0.3) is 0 Å². The fraction of sp³-hybridized carbons (Fsp3) is 0.262. The molecule has 70 heavy (non-hydrogen) atoms. The third-order valence-electron chi connectivity index (χ3n) is 15.0. The lowest BCUT2D eigenvalue weighted by molar-refractivity contribution is 0.187. The Hall–Kier alpha value is -6.79. The second-order valence-electron chi connectivity index (χ2n) is 24.1. The van der Waals surface area contributed by atoms with E-state index in [9.17, 15) is 0 Å². The molecule has 3 aliphatic rings. The summed E-state index contributed by atoms with van der Waals surface area (Å²) < 4.78 is 10.6. The van der Waals surface area contributed by atoms with E-state index in [0.717, 1.165) is 40.4 Å². The first-order valence-corrected chi connectivity index (χ1v) is 25.1. The van der Waals surface area contributed by atoms with Crippen LogP contribution in [0.5, 0.6) is 11.5 Å². The molecule has 2 atom stereocenters. The van der Waals surface area contributed by atoms with Gasteiger partial charge in [-0.3, -0.25) is 13.5 Å². The van der Waals surface area contributed by atoms with Gasteiger partial charge >= 0.3 is 0 Å². The van der Waals surface area contributed by atoms with Crippen LogP contribution >= 0.6 is 0 Å². The number of benzene rings is 7. The normalized spacial score (nSPS) is 18.0. The van der Waals surface area contributed by atoms with Crippen molar-refractivity contribution in [1.29, 1.82) is 0 Å². The van der Waals surface area contributed by atoms with Crippen molar-refractivity contribution in [3.05, 3.63) is 199 Å². The maximum atomic E-state index is 7.01. The third-order valence-corrected chi connectivity index (χ3v) is 15.0. The minimum absolute atomic E-state index is 0.0194. The average Bonchev–Trinajstić information content (AvgIpc) is 3.92. The molecule has 1 saturated heterocycles. The van der Waals surface area contributed by atoms with Crippen molar-refractivity contribution in [3.8, 4) is 39.6 Å². The molecule has 0 radical (unpaired) electrons. The fourth-order valence-corrected chi connectivity index (χ4v) is 11.0. The van der Waals surface area contributed by atoms with Gasteiger partial charge < -0.3 is 4.74 Å². The van der Waals surface area contributed by atoms with Crippen LogP contribution in [0.15, 0.2) is 170 Å². The maximum Gasteiger partial charge on any atom is 0.188 e. The smallest absolute Gasteiger partial charge is 0.188 e. The molecule has 2 bridgehead atoms. The van der Waals surface area contributed by atoms with E-state index >= 15 is 0 Å². The van der Waals surface area contributed by atoms with Gasteiger partial charge in [0.05, 0.1) is 17.7 Å². The van der Waals surface area contributed by atoms with Gasteiger partial charge in [0.1, 0.15) is 28.7 Å². The van der Waals surface area contributed by atoms with Gasteiger partial charge in [-0.1, -0.05) is 168 Å². The SMILES string of the molecule is CC(C)(C)c1cccc(-c2cccc3c2[N@@+]2(c4cc(C(C)(C)C)cc(C(C)(C)C)c4)[CH-][N@+]3(c3cccc(Oc4ccc5c6c(-c7ccccc7)cccc6n(-c6cc(C(C)(C)C)ccn6)c5c4)c3)C2)c1. The first kappa shape index (κ1) is 45.6. The molecule has 0 aliphatic carbocycles. The zero-order valence-electron chi connectivity index (χ0n) is 43.1. The summed E-state index contributed by atoms with van der Waals surface area (Å²) in [6.07, 6.45) is 1.95. The Morgan fingerprint density at radius 3 is 1.79 bits per heavy atom. The van der Waals surface area contributed by atoms with E-state index in [1.165, 1.54) is 72.6 Å². The van der Waals surface area contributed by atoms with E-state index in [4.69, 9.17) is 9.72 Å². The lowest BCUT2D eigenvalue weighted by Crippen LogP contribution is -2.67. The second-order valence-corrected chi connectivity index (χ2v) is 24.1. The lowest BCUT2D eigenvalue weighted by Gasteiger charge is -2.56. The predicted molar refractivity (Wildman–Crippen MR) is 296 cm³/mol. The van der Waals surface area contributed by atoms with Crippen molar-refractivity contribution >= 4 is 44.6 Å². The largest absolute Gasteiger partial charge is 0.457 e. The van der Waals surface area contributed by atoms with Gasteiger partial charge in [-0.05, 0) is 109 Å². The number of para-hydroxylation sites is 1. The van der Waals surface area contributed by atoms with Crippen molar-refractivity contribution in [2.45, 2.75) is 105 Å². The fourth-order valence-electron chi connectivity index (χ4n) is 11.0. The molecule has 2 aromatic heterocycles. The van der Waals surface area contributed by atoms with Crippen molar-refractivity contribution in [3.63, 3.8) is 0 Å². The molecule has 1 fully saturated rings. The van der Waals surface area contributed by atoms with Crippen LogP contribution < -0.4 is 13.7 Å². The third kappa shape index (κ3) is 7.48. The zero-order valence-corrected chi connectivity index (χ0v) is 43.1. The van der Waals surface area contributed by atoms with Crippen LogP contribution in [0.25, 0.3) is 49.9 Å². The van der Waals surface area contributed by atoms with E-state index in [1.54, 1.807) is 0 Å². The zero-order chi connectivity index (χ0) is 49.2. The highest BCUT2D eigenvalue weighted by atomic mass is 16.5. The highest BCUT2D eigenvalue weighted by molar-refractivity contribution is 6.16. The molecule has 3 aliphatic heterocycles. The Kier molecular flexibility index (Phi) is 10.3. The Morgan fingerprint density at radius 1 is 0.471 bits per heavy atom. The number of nitrogens with zero attached hydrogens (tertiary/aromatic N) is 4. The molecule has 7 aromatic carbocycles. The summed E-state index contributed by atoms with van der Waals surface area (Å²) in [4.78, 5) is 5.01. The summed E-state index contributed by atoms with van der Waals surface area (Å²) in [6.45, 7) is 31.1. The van der Waals surface area contributed by atoms with E-state index < -0.39 is 0 Å². The highest BCUT2D eigenvalue weighted by Gasteiger charge is 2.64. The molecule has 352 valence electrons. The molecule has 0 N–H and O–H groups in total. The first-order valence-electron chi connectivity index (χ1n) is 25.1. The monoisotopic (exact) mass is 920 g/mol. The van der Waals surface area contributed by atoms with Crippen molar-refractivity contribution in [2.24, 2.45) is 0 Å². The number of ether oxygens (including phenoxy) is 1. The van der Waals surface area contributed by atoms with E-state index in [-0.39, 0.29) is 21.7 Å². The van der Waals surface area contributed by atoms with Gasteiger partial charge in [0.2, 0.25) is 0 Å². The molecule has 0 amide bonds. The number of rotatable bonds is 7. The summed E-state index contributed by atoms with van der Waals surface area (Å²) >= 11 is 0. The average molecular weight is 920 g/mol. The van der Waals surface area contributed by atoms with Crippen LogP contribution in [-0.4, -0.2) is 16.2 Å². The Bertz CT molecular complexity index is 3470. The molecule has 0 saturated carbocycles. The summed E-state index contributed by atoms with van der Waals surface area (Å²) in [7, 11) is 0. The quantitative estimate of drug-likeness (QED) is 0.118. The van der Waals surface area contributed by atoms with Crippen LogP contribution in [-0.2, 0) is 21.7 Å². The predicted octanol–water partition coefficient (Wildman–Crippen LogP) is 17.9. The standard InChI is InChI=1S/C65H67N4O/c1-62(2,3)45-23-16-22-44(34-45)54-27-19-29-58-61(54)69(50-36-47(64(7,8)9)35-48(37-50)65(10,11)12)41-68(58,42-69)49-24-17-25-51(39-49)70-52-30-31-55-57(40-52)67(59-38-46(32-33-66-59)63(4,5)6)56-28-18-26-53(60(55)56)43-20-14-13-15-21-43/h13-41H,42H2,1-12H3/q+1/t68-,69+/m1/s1. The van der Waals surface area contributed by atoms with Crippen LogP contribution in [0.3, 0.4) is 0 Å². The Labute approximate surface area is 415 Å². The molecule has 5 heteroatoms. The number of pyridine rings is 1. The van der Waals surface area contributed by atoms with Gasteiger partial charge in [-0.15, -0.1) is 0 Å². The minimum Gasteiger partial charge on any atom is -0.457 e. The molecular weight excluding hydrogens is 853 g/mol. The second kappa shape index (κ2) is 15.9. The summed E-state index contributed by atoms with van der Waals surface area (Å²) in [5.41, 5.74) is 17.5. The minimum atomic E-state index is -0.0378. The number of quaternary nitrogens is 2. The molecule has 0 unspecified atom stereocenters. The molecule has 12 rings (SSSR count). The van der Waals surface area contributed by atoms with Crippen LogP contribution in [0.1, 0.15) is 105 Å². The van der Waals surface area contributed by atoms with Gasteiger partial charge in [0, 0.05) is 52.9 Å². The van der Waals surface area contributed by atoms with E-state index in [0.29, 0.717) is 8.97 Å². The number of fused-ring (bicyclic) bond motifs is 3. The number of aromatic nitrogens is 2. The molecule has 5 nitrogen and oxygen atoms in total. The molecule has 9 aromatic rings. The van der Waals surface area contributed by atoms with Crippen molar-refractivity contribution in [2.75, 3.05) is 6.67 Å². The molecule has 5 heterocycles. The van der Waals surface area contributed by atoms with Crippen LogP contribution in [0.2, 0.25) is 0 Å². The molecule has 0 spiro atoms. The van der Waals surface area contributed by atoms with Gasteiger partial charge in [0.15, 0.2) is 18.0 Å². The maximum absolute atomic E-state index is 7.01. The van der Waals surface area contributed by atoms with Gasteiger partial charge in [-0.25, -0.2) is 4.98 Å². The Balaban J connectivity index is 1.05. The Morgan fingerprint density at radius 2 is 1.09 bits per heavy atom. The van der Waals surface area contributed by atoms with Crippen LogP contribution in [0, 0.1) is 6.67 Å².